The Balaban J connectivity index is 2.38. The van der Waals surface area contributed by atoms with Crippen LogP contribution < -0.4 is 5.73 Å². The fraction of sp³-hybridized carbons (Fsp3) is 0. The van der Waals surface area contributed by atoms with Gasteiger partial charge in [0, 0.05) is 9.64 Å². The van der Waals surface area contributed by atoms with Crippen molar-refractivity contribution in [1.82, 2.24) is 9.55 Å². The van der Waals surface area contributed by atoms with Gasteiger partial charge in [0.25, 0.3) is 0 Å². The average Bonchev–Trinajstić information content (AvgIpc) is 2.66. The molecule has 3 aromatic rings. The van der Waals surface area contributed by atoms with Crippen LogP contribution in [0.1, 0.15) is 0 Å². The molecule has 96 valence electrons. The molecule has 0 radical (unpaired) electrons. The highest BCUT2D eigenvalue weighted by atomic mass is 127. The van der Waals surface area contributed by atoms with Crippen molar-refractivity contribution in [1.29, 1.82) is 0 Å². The van der Waals surface area contributed by atoms with Gasteiger partial charge in [0.15, 0.2) is 0 Å². The lowest BCUT2D eigenvalue weighted by atomic mass is 10.2. The second-order valence-electron chi connectivity index (χ2n) is 4.01. The fourth-order valence-corrected chi connectivity index (χ4v) is 3.06. The lowest BCUT2D eigenvalue weighted by Gasteiger charge is -2.08. The van der Waals surface area contributed by atoms with E-state index >= 15 is 0 Å². The molecule has 0 saturated carbocycles. The minimum Gasteiger partial charge on any atom is -0.369 e. The molecule has 0 saturated heterocycles. The van der Waals surface area contributed by atoms with Gasteiger partial charge in [-0.05, 0) is 63.4 Å². The third-order valence-corrected chi connectivity index (χ3v) is 4.55. The van der Waals surface area contributed by atoms with Crippen LogP contribution in [0.5, 0.6) is 0 Å². The molecule has 1 heterocycles. The largest absolute Gasteiger partial charge is 0.369 e. The van der Waals surface area contributed by atoms with Gasteiger partial charge in [0.1, 0.15) is 5.82 Å². The second kappa shape index (κ2) is 4.89. The standard InChI is InChI=1S/C13H8FI2N3/c14-7-5-12-10(6-9(7)16)18-13(17)19(12)11-4-2-1-3-8(11)15/h1-6H,(H2,17,18). The molecule has 0 aliphatic heterocycles. The van der Waals surface area contributed by atoms with Crippen LogP contribution in [0.4, 0.5) is 10.3 Å². The number of fused-ring (bicyclic) bond motifs is 1. The third kappa shape index (κ3) is 2.20. The van der Waals surface area contributed by atoms with E-state index in [1.54, 1.807) is 10.6 Å². The molecule has 0 unspecified atom stereocenters. The quantitative estimate of drug-likeness (QED) is 0.538. The number of benzene rings is 2. The monoisotopic (exact) mass is 479 g/mol. The minimum atomic E-state index is -0.264. The summed E-state index contributed by atoms with van der Waals surface area (Å²) in [6.07, 6.45) is 0. The van der Waals surface area contributed by atoms with E-state index in [-0.39, 0.29) is 5.82 Å². The lowest BCUT2D eigenvalue weighted by Crippen LogP contribution is -2.02. The minimum absolute atomic E-state index is 0.264. The number of para-hydroxylation sites is 1. The van der Waals surface area contributed by atoms with Crippen molar-refractivity contribution in [2.24, 2.45) is 0 Å². The van der Waals surface area contributed by atoms with Crippen LogP contribution in [0.15, 0.2) is 36.4 Å². The number of anilines is 1. The van der Waals surface area contributed by atoms with Crippen molar-refractivity contribution >= 4 is 62.2 Å². The van der Waals surface area contributed by atoms with Gasteiger partial charge in [0.2, 0.25) is 5.95 Å². The van der Waals surface area contributed by atoms with E-state index in [0.29, 0.717) is 20.6 Å². The molecule has 0 atom stereocenters. The molecule has 0 fully saturated rings. The number of rotatable bonds is 1. The topological polar surface area (TPSA) is 43.8 Å². The summed E-state index contributed by atoms with van der Waals surface area (Å²) < 4.78 is 17.1. The van der Waals surface area contributed by atoms with Gasteiger partial charge < -0.3 is 5.73 Å². The van der Waals surface area contributed by atoms with E-state index in [9.17, 15) is 4.39 Å². The number of hydrogen-bond acceptors (Lipinski definition) is 2. The number of nitrogens with two attached hydrogens (primary N) is 1. The summed E-state index contributed by atoms with van der Waals surface area (Å²) in [5.74, 6) is 0.0979. The van der Waals surface area contributed by atoms with Crippen LogP contribution >= 0.6 is 45.2 Å². The zero-order valence-electron chi connectivity index (χ0n) is 9.57. The molecule has 3 rings (SSSR count). The fourth-order valence-electron chi connectivity index (χ4n) is 1.98. The van der Waals surface area contributed by atoms with Crippen molar-refractivity contribution in [2.75, 3.05) is 5.73 Å². The molecular weight excluding hydrogens is 471 g/mol. The average molecular weight is 479 g/mol. The van der Waals surface area contributed by atoms with Crippen molar-refractivity contribution in [2.45, 2.75) is 0 Å². The number of nitrogens with zero attached hydrogens (tertiary/aromatic N) is 2. The maximum absolute atomic E-state index is 13.8. The predicted octanol–water partition coefficient (Wildman–Crippen LogP) is 3.96. The number of imidazole rings is 1. The zero-order chi connectivity index (χ0) is 13.6. The van der Waals surface area contributed by atoms with Crippen molar-refractivity contribution in [3.05, 3.63) is 49.4 Å². The Morgan fingerprint density at radius 2 is 1.84 bits per heavy atom. The summed E-state index contributed by atoms with van der Waals surface area (Å²) in [5.41, 5.74) is 8.26. The Bertz CT molecular complexity index is 783. The normalized spacial score (nSPS) is 11.1. The van der Waals surface area contributed by atoms with Crippen molar-refractivity contribution < 1.29 is 4.39 Å². The van der Waals surface area contributed by atoms with Crippen LogP contribution in [-0.4, -0.2) is 9.55 Å². The number of nitrogen functional groups attached to an aromatic ring is 1. The summed E-state index contributed by atoms with van der Waals surface area (Å²) in [7, 11) is 0. The van der Waals surface area contributed by atoms with Gasteiger partial charge in [0.05, 0.1) is 20.3 Å². The summed E-state index contributed by atoms with van der Waals surface area (Å²) in [5, 5.41) is 0. The Morgan fingerprint density at radius 3 is 2.58 bits per heavy atom. The zero-order valence-corrected chi connectivity index (χ0v) is 13.9. The van der Waals surface area contributed by atoms with E-state index in [1.807, 2.05) is 46.9 Å². The first-order valence-electron chi connectivity index (χ1n) is 5.46. The molecule has 0 spiro atoms. The van der Waals surface area contributed by atoms with Gasteiger partial charge in [-0.25, -0.2) is 9.37 Å². The van der Waals surface area contributed by atoms with E-state index in [4.69, 9.17) is 5.73 Å². The van der Waals surface area contributed by atoms with E-state index < -0.39 is 0 Å². The van der Waals surface area contributed by atoms with Crippen molar-refractivity contribution in [3.8, 4) is 5.69 Å². The molecule has 6 heteroatoms. The van der Waals surface area contributed by atoms with E-state index in [2.05, 4.69) is 27.6 Å². The molecule has 1 aromatic heterocycles. The molecule has 0 aliphatic carbocycles. The van der Waals surface area contributed by atoms with E-state index in [1.165, 1.54) is 6.07 Å². The Hall–Kier alpha value is -0.900. The van der Waals surface area contributed by atoms with E-state index in [0.717, 1.165) is 9.26 Å². The molecule has 3 nitrogen and oxygen atoms in total. The van der Waals surface area contributed by atoms with Crippen LogP contribution in [0.25, 0.3) is 16.7 Å². The predicted molar refractivity (Wildman–Crippen MR) is 90.9 cm³/mol. The maximum atomic E-state index is 13.8. The summed E-state index contributed by atoms with van der Waals surface area (Å²) in [6, 6.07) is 11.0. The third-order valence-electron chi connectivity index (χ3n) is 2.82. The van der Waals surface area contributed by atoms with Crippen LogP contribution in [0.2, 0.25) is 0 Å². The maximum Gasteiger partial charge on any atom is 0.205 e. The van der Waals surface area contributed by atoms with Gasteiger partial charge >= 0.3 is 0 Å². The van der Waals surface area contributed by atoms with Gasteiger partial charge in [-0.2, -0.15) is 0 Å². The highest BCUT2D eigenvalue weighted by Crippen LogP contribution is 2.28. The molecule has 0 bridgehead atoms. The first kappa shape index (κ1) is 13.1. The highest BCUT2D eigenvalue weighted by molar-refractivity contribution is 14.1. The van der Waals surface area contributed by atoms with Crippen LogP contribution in [0, 0.1) is 13.0 Å². The SMILES string of the molecule is Nc1nc2cc(I)c(F)cc2n1-c1ccccc1I. The Morgan fingerprint density at radius 1 is 1.11 bits per heavy atom. The number of halogens is 3. The Kier molecular flexibility index (Phi) is 3.37. The number of hydrogen-bond donors (Lipinski definition) is 1. The first-order valence-corrected chi connectivity index (χ1v) is 7.61. The van der Waals surface area contributed by atoms with Crippen LogP contribution in [-0.2, 0) is 0 Å². The van der Waals surface area contributed by atoms with Crippen molar-refractivity contribution in [3.63, 3.8) is 0 Å². The van der Waals surface area contributed by atoms with Crippen LogP contribution in [0.3, 0.4) is 0 Å². The highest BCUT2D eigenvalue weighted by Gasteiger charge is 2.14. The molecular formula is C13H8FI2N3. The lowest BCUT2D eigenvalue weighted by molar-refractivity contribution is 0.622. The summed E-state index contributed by atoms with van der Waals surface area (Å²) in [6.45, 7) is 0. The molecule has 0 amide bonds. The summed E-state index contributed by atoms with van der Waals surface area (Å²) >= 11 is 4.18. The molecule has 2 N–H and O–H groups in total. The smallest absolute Gasteiger partial charge is 0.205 e. The van der Waals surface area contributed by atoms with Gasteiger partial charge in [-0.3, -0.25) is 4.57 Å². The summed E-state index contributed by atoms with van der Waals surface area (Å²) in [4.78, 5) is 4.30. The number of aromatic nitrogens is 2. The first-order chi connectivity index (χ1) is 9.08. The second-order valence-corrected chi connectivity index (χ2v) is 6.34. The Labute approximate surface area is 136 Å². The van der Waals surface area contributed by atoms with Gasteiger partial charge in [-0.15, -0.1) is 0 Å². The molecule has 0 aliphatic rings. The van der Waals surface area contributed by atoms with Gasteiger partial charge in [-0.1, -0.05) is 12.1 Å². The molecule has 2 aromatic carbocycles. The molecule has 19 heavy (non-hydrogen) atoms.